The first kappa shape index (κ1) is 42.6. The summed E-state index contributed by atoms with van der Waals surface area (Å²) < 4.78 is 56.6. The minimum atomic E-state index is -6.00. The van der Waals surface area contributed by atoms with Gasteiger partial charge >= 0.3 is 7.25 Å². The molecule has 1 N–H and O–H groups in total. The zero-order valence-electron chi connectivity index (χ0n) is 33.4. The lowest BCUT2D eigenvalue weighted by Gasteiger charge is -2.10. The van der Waals surface area contributed by atoms with Gasteiger partial charge in [0.15, 0.2) is 0 Å². The molecule has 1 aliphatic rings. The van der Waals surface area contributed by atoms with Crippen LogP contribution in [0, 0.1) is 0 Å². The van der Waals surface area contributed by atoms with E-state index in [-0.39, 0.29) is 6.61 Å². The van der Waals surface area contributed by atoms with Gasteiger partial charge in [-0.3, -0.25) is 0 Å². The molecule has 2 heterocycles. The van der Waals surface area contributed by atoms with Crippen LogP contribution in [0.4, 0.5) is 23.0 Å². The van der Waals surface area contributed by atoms with Gasteiger partial charge in [0.1, 0.15) is 18.0 Å². The fourth-order valence-corrected chi connectivity index (χ4v) is 7.41. The van der Waals surface area contributed by atoms with Crippen LogP contribution in [0.5, 0.6) is 11.5 Å². The molecule has 0 radical (unpaired) electrons. The van der Waals surface area contributed by atoms with E-state index in [4.69, 9.17) is 9.47 Å². The molecule has 0 aliphatic carbocycles. The third-order valence-corrected chi connectivity index (χ3v) is 10.2. The van der Waals surface area contributed by atoms with Crippen molar-refractivity contribution in [3.63, 3.8) is 0 Å². The van der Waals surface area contributed by atoms with Gasteiger partial charge in [-0.2, -0.15) is 4.58 Å². The Hall–Kier alpha value is -4.57. The van der Waals surface area contributed by atoms with E-state index >= 15 is 0 Å². The third-order valence-electron chi connectivity index (χ3n) is 10.2. The van der Waals surface area contributed by atoms with Crippen molar-refractivity contribution in [3.8, 4) is 11.5 Å². The van der Waals surface area contributed by atoms with Crippen LogP contribution in [-0.2, 0) is 6.54 Å². The molecular formula is C46H57BF4N2O3. The van der Waals surface area contributed by atoms with Gasteiger partial charge in [0, 0.05) is 64.1 Å². The smallest absolute Gasteiger partial charge is 0.493 e. The molecule has 10 heteroatoms. The highest BCUT2D eigenvalue weighted by atomic mass is 19.5. The standard InChI is InChI=1S/C46H57N2O3.BF4/c1-5-9-29-47-39(35-17-13-19-37-43(50-32-11-7-3)27-25-41(47)45(35)37)23-21-34(16-15-31-49)22-24-40-36-18-14-20-38-44(51-33-12-8-4)28-26-42(46(36)38)48(40)30-10-6-2;2-1(3,4)5/h13-14,17-28,49H,5-12,15-16,29-33H2,1-4H3;/q+1;-1. The van der Waals surface area contributed by atoms with Gasteiger partial charge < -0.3 is 36.4 Å². The molecule has 5 nitrogen and oxygen atoms in total. The Morgan fingerprint density at radius 3 is 1.98 bits per heavy atom. The summed E-state index contributed by atoms with van der Waals surface area (Å²) in [4.78, 5) is 0. The number of hydrogen-bond donors (Lipinski definition) is 1. The molecule has 0 amide bonds. The van der Waals surface area contributed by atoms with Crippen LogP contribution in [0.1, 0.15) is 97.5 Å². The van der Waals surface area contributed by atoms with Crippen molar-refractivity contribution in [2.24, 2.45) is 0 Å². The Balaban J connectivity index is 0.00000113. The second-order valence-corrected chi connectivity index (χ2v) is 14.4. The Kier molecular flexibility index (Phi) is 15.6. The van der Waals surface area contributed by atoms with E-state index < -0.39 is 7.25 Å². The summed E-state index contributed by atoms with van der Waals surface area (Å²) in [6, 6.07) is 22.1. The van der Waals surface area contributed by atoms with Crippen LogP contribution in [0.3, 0.4) is 0 Å². The lowest BCUT2D eigenvalue weighted by molar-refractivity contribution is -0.436. The second-order valence-electron chi connectivity index (χ2n) is 14.4. The van der Waals surface area contributed by atoms with E-state index in [1.54, 1.807) is 0 Å². The third kappa shape index (κ3) is 10.4. The Labute approximate surface area is 329 Å². The van der Waals surface area contributed by atoms with Gasteiger partial charge in [-0.05, 0) is 68.0 Å². The van der Waals surface area contributed by atoms with E-state index in [2.05, 4.69) is 122 Å². The average molecular weight is 773 g/mol. The maximum Gasteiger partial charge on any atom is 0.673 e. The zero-order valence-corrected chi connectivity index (χ0v) is 33.4. The molecule has 1 aromatic heterocycles. The topological polar surface area (TPSA) is 46.6 Å². The number of aliphatic hydroxyl groups excluding tert-OH is 1. The predicted octanol–water partition coefficient (Wildman–Crippen LogP) is 12.1. The number of benzene rings is 4. The SMILES string of the molecule is CCCCOc1ccc2c3c(cccc13)C(C=CC(=CC=c1c3cccc4c(OCCCC)ccc(c43)n1CCCC)CCCO)=[N+]2CCCC.F[B-](F)(F)F. The molecular weight excluding hydrogens is 715 g/mol. The number of aryl methyl sites for hydroxylation is 1. The minimum absolute atomic E-state index is 0.167. The first-order valence-electron chi connectivity index (χ1n) is 20.5. The van der Waals surface area contributed by atoms with Gasteiger partial charge in [-0.15, -0.1) is 0 Å². The lowest BCUT2D eigenvalue weighted by atomic mass is 10.0. The highest BCUT2D eigenvalue weighted by Gasteiger charge is 2.31. The molecule has 5 aromatic rings. The van der Waals surface area contributed by atoms with Gasteiger partial charge in [0.2, 0.25) is 11.4 Å². The number of aromatic nitrogens is 1. The number of nitrogens with zero attached hydrogens (tertiary/aromatic N) is 2. The van der Waals surface area contributed by atoms with E-state index in [9.17, 15) is 22.4 Å². The first-order valence-corrected chi connectivity index (χ1v) is 20.5. The quantitative estimate of drug-likeness (QED) is 0.0282. The predicted molar refractivity (Wildman–Crippen MR) is 226 cm³/mol. The molecule has 0 spiro atoms. The number of ether oxygens (including phenoxy) is 2. The molecule has 300 valence electrons. The summed E-state index contributed by atoms with van der Waals surface area (Å²) in [6.45, 7) is 12.5. The normalized spacial score (nSPS) is 13.5. The summed E-state index contributed by atoms with van der Waals surface area (Å²) in [7, 11) is -6.00. The van der Waals surface area contributed by atoms with Crippen LogP contribution in [0.25, 0.3) is 38.5 Å². The second kappa shape index (κ2) is 20.6. The van der Waals surface area contributed by atoms with Crippen molar-refractivity contribution in [3.05, 3.63) is 95.4 Å². The van der Waals surface area contributed by atoms with Crippen LogP contribution < -0.4 is 14.8 Å². The molecule has 0 bridgehead atoms. The Bertz CT molecular complexity index is 2210. The average Bonchev–Trinajstić information content (AvgIpc) is 3.66. The van der Waals surface area contributed by atoms with Crippen molar-refractivity contribution >= 4 is 57.2 Å². The van der Waals surface area contributed by atoms with E-state index in [0.717, 1.165) is 102 Å². The van der Waals surface area contributed by atoms with Gasteiger partial charge in [0.05, 0.1) is 24.2 Å². The lowest BCUT2D eigenvalue weighted by Crippen LogP contribution is -2.16. The van der Waals surface area contributed by atoms with Gasteiger partial charge in [0.25, 0.3) is 0 Å². The minimum Gasteiger partial charge on any atom is -0.493 e. The van der Waals surface area contributed by atoms with Crippen LogP contribution >= 0.6 is 0 Å². The van der Waals surface area contributed by atoms with Crippen molar-refractivity contribution in [1.29, 1.82) is 0 Å². The fraction of sp³-hybridized carbons (Fsp3) is 0.413. The van der Waals surface area contributed by atoms with E-state index in [0.29, 0.717) is 0 Å². The van der Waals surface area contributed by atoms with Crippen molar-refractivity contribution in [2.75, 3.05) is 26.4 Å². The number of hydrogen-bond acceptors (Lipinski definition) is 3. The zero-order chi connectivity index (χ0) is 40.1. The molecule has 56 heavy (non-hydrogen) atoms. The summed E-state index contributed by atoms with van der Waals surface area (Å²) in [5.41, 5.74) is 6.22. The number of halogens is 4. The van der Waals surface area contributed by atoms with Crippen molar-refractivity contribution in [1.82, 2.24) is 4.57 Å². The number of unbranched alkanes of at least 4 members (excludes halogenated alkanes) is 4. The van der Waals surface area contributed by atoms with Gasteiger partial charge in [-0.25, -0.2) is 0 Å². The molecule has 1 aliphatic heterocycles. The van der Waals surface area contributed by atoms with Gasteiger partial charge in [-0.1, -0.05) is 95.9 Å². The maximum absolute atomic E-state index is 9.89. The first-order chi connectivity index (χ1) is 27.1. The molecule has 6 rings (SSSR count). The largest absolute Gasteiger partial charge is 0.673 e. The molecule has 0 saturated carbocycles. The summed E-state index contributed by atoms with van der Waals surface area (Å²) in [6.07, 6.45) is 19.5. The number of rotatable bonds is 20. The Morgan fingerprint density at radius 2 is 1.34 bits per heavy atom. The van der Waals surface area contributed by atoms with Crippen molar-refractivity contribution < 1.29 is 36.4 Å². The number of aliphatic hydroxyl groups is 1. The highest BCUT2D eigenvalue weighted by molar-refractivity contribution is 6.50. The molecule has 0 saturated heterocycles. The van der Waals surface area contributed by atoms with Crippen LogP contribution in [0.15, 0.2) is 84.5 Å². The van der Waals surface area contributed by atoms with Crippen LogP contribution in [-0.4, -0.2) is 53.6 Å². The maximum atomic E-state index is 9.89. The molecule has 4 aromatic carbocycles. The van der Waals surface area contributed by atoms with E-state index in [1.807, 2.05) is 0 Å². The summed E-state index contributed by atoms with van der Waals surface area (Å²) in [5, 5.41) is 17.3. The monoisotopic (exact) mass is 772 g/mol. The fourth-order valence-electron chi connectivity index (χ4n) is 7.41. The molecule has 0 fully saturated rings. The molecule has 0 atom stereocenters. The van der Waals surface area contributed by atoms with Crippen LogP contribution in [0.2, 0.25) is 0 Å². The van der Waals surface area contributed by atoms with E-state index in [1.165, 1.54) is 60.3 Å². The number of allylic oxidation sites excluding steroid dienone is 4. The highest BCUT2D eigenvalue weighted by Crippen LogP contribution is 2.40. The summed E-state index contributed by atoms with van der Waals surface area (Å²) in [5.74, 6) is 1.94. The van der Waals surface area contributed by atoms with Crippen molar-refractivity contribution in [2.45, 2.75) is 98.4 Å². The summed E-state index contributed by atoms with van der Waals surface area (Å²) >= 11 is 0. The Morgan fingerprint density at radius 1 is 0.732 bits per heavy atom. The molecule has 0 unspecified atom stereocenters.